The minimum Gasteiger partial charge on any atom is -0.489 e. The van der Waals surface area contributed by atoms with Gasteiger partial charge in [0.05, 0.1) is 32.0 Å². The molecule has 216 valence electrons. The van der Waals surface area contributed by atoms with Gasteiger partial charge in [-0.2, -0.15) is 0 Å². The van der Waals surface area contributed by atoms with Crippen LogP contribution in [0.4, 0.5) is 5.69 Å². The van der Waals surface area contributed by atoms with E-state index in [4.69, 9.17) is 18.9 Å². The van der Waals surface area contributed by atoms with Gasteiger partial charge in [0.15, 0.2) is 0 Å². The molecule has 0 fully saturated rings. The van der Waals surface area contributed by atoms with E-state index in [9.17, 15) is 19.2 Å². The summed E-state index contributed by atoms with van der Waals surface area (Å²) in [6, 6.07) is 13.0. The highest BCUT2D eigenvalue weighted by molar-refractivity contribution is 6.38. The Balaban J connectivity index is 1.75. The summed E-state index contributed by atoms with van der Waals surface area (Å²) in [5.74, 6) is -2.15. The normalized spacial score (nSPS) is 13.2. The van der Waals surface area contributed by atoms with Gasteiger partial charge in [-0.15, -0.1) is 0 Å². The maximum Gasteiger partial charge on any atom is 0.338 e. The predicted molar refractivity (Wildman–Crippen MR) is 154 cm³/mol. The SMILES string of the molecule is CCOC(=O)c1ccc(NC(=O)c2cc(C3=C(C)C(=O)C(OC)=C(OC)C3=O)cc(C)c2OCc2cccnc2)cc1. The van der Waals surface area contributed by atoms with Gasteiger partial charge in [-0.25, -0.2) is 4.79 Å². The van der Waals surface area contributed by atoms with Crippen molar-refractivity contribution in [1.29, 1.82) is 0 Å². The first-order valence-corrected chi connectivity index (χ1v) is 13.1. The second-order valence-electron chi connectivity index (χ2n) is 9.30. The summed E-state index contributed by atoms with van der Waals surface area (Å²) in [5, 5.41) is 2.81. The smallest absolute Gasteiger partial charge is 0.338 e. The number of ether oxygens (including phenoxy) is 4. The Bertz CT molecular complexity index is 1610. The lowest BCUT2D eigenvalue weighted by molar-refractivity contribution is -0.119. The fourth-order valence-corrected chi connectivity index (χ4v) is 4.51. The number of anilines is 1. The first kappa shape index (κ1) is 29.7. The zero-order chi connectivity index (χ0) is 30.4. The van der Waals surface area contributed by atoms with Gasteiger partial charge in [-0.1, -0.05) is 6.07 Å². The van der Waals surface area contributed by atoms with Crippen LogP contribution in [0.5, 0.6) is 5.75 Å². The third kappa shape index (κ3) is 6.07. The Labute approximate surface area is 243 Å². The summed E-state index contributed by atoms with van der Waals surface area (Å²) in [7, 11) is 2.57. The van der Waals surface area contributed by atoms with Gasteiger partial charge in [0.1, 0.15) is 12.4 Å². The highest BCUT2D eigenvalue weighted by Crippen LogP contribution is 2.36. The van der Waals surface area contributed by atoms with Crippen LogP contribution in [0.25, 0.3) is 5.57 Å². The molecule has 0 saturated heterocycles. The van der Waals surface area contributed by atoms with Crippen LogP contribution in [-0.4, -0.2) is 49.3 Å². The molecule has 1 aliphatic rings. The number of carbonyl (C=O) groups is 4. The molecule has 42 heavy (non-hydrogen) atoms. The molecule has 0 bridgehead atoms. The summed E-state index contributed by atoms with van der Waals surface area (Å²) >= 11 is 0. The molecule has 0 radical (unpaired) electrons. The Kier molecular flexibility index (Phi) is 9.16. The lowest BCUT2D eigenvalue weighted by Crippen LogP contribution is -2.24. The summed E-state index contributed by atoms with van der Waals surface area (Å²) < 4.78 is 21.5. The van der Waals surface area contributed by atoms with Crippen LogP contribution < -0.4 is 10.1 Å². The van der Waals surface area contributed by atoms with Gasteiger partial charge in [0.2, 0.25) is 23.1 Å². The molecule has 0 unspecified atom stereocenters. The Morgan fingerprint density at radius 3 is 2.24 bits per heavy atom. The number of hydrogen-bond acceptors (Lipinski definition) is 9. The number of aromatic nitrogens is 1. The summed E-state index contributed by atoms with van der Waals surface area (Å²) in [5.41, 5.74) is 2.82. The Morgan fingerprint density at radius 2 is 1.62 bits per heavy atom. The molecule has 0 spiro atoms. The van der Waals surface area contributed by atoms with E-state index in [-0.39, 0.29) is 47.2 Å². The number of esters is 1. The molecule has 1 amide bonds. The van der Waals surface area contributed by atoms with E-state index in [0.717, 1.165) is 5.56 Å². The Hall–Kier alpha value is -5.25. The van der Waals surface area contributed by atoms with Crippen LogP contribution in [0.2, 0.25) is 0 Å². The van der Waals surface area contributed by atoms with Gasteiger partial charge in [0.25, 0.3) is 5.91 Å². The van der Waals surface area contributed by atoms with E-state index >= 15 is 0 Å². The van der Waals surface area contributed by atoms with Crippen LogP contribution in [-0.2, 0) is 30.4 Å². The van der Waals surface area contributed by atoms with E-state index < -0.39 is 23.4 Å². The molecule has 2 aromatic carbocycles. The van der Waals surface area contributed by atoms with Crippen molar-refractivity contribution >= 4 is 34.7 Å². The molecule has 1 aliphatic carbocycles. The lowest BCUT2D eigenvalue weighted by atomic mass is 9.86. The van der Waals surface area contributed by atoms with Gasteiger partial charge < -0.3 is 24.3 Å². The molecule has 0 aliphatic heterocycles. The number of rotatable bonds is 10. The number of methoxy groups -OCH3 is 2. The highest BCUT2D eigenvalue weighted by atomic mass is 16.5. The molecular weight excluding hydrogens is 540 g/mol. The van der Waals surface area contributed by atoms with E-state index in [1.165, 1.54) is 27.2 Å². The molecule has 0 atom stereocenters. The van der Waals surface area contributed by atoms with Crippen molar-refractivity contribution in [1.82, 2.24) is 4.98 Å². The topological polar surface area (TPSA) is 130 Å². The molecule has 3 aromatic rings. The number of ketones is 2. The number of nitrogens with one attached hydrogen (secondary N) is 1. The van der Waals surface area contributed by atoms with E-state index in [2.05, 4.69) is 10.3 Å². The van der Waals surface area contributed by atoms with Gasteiger partial charge >= 0.3 is 5.97 Å². The number of nitrogens with zero attached hydrogens (tertiary/aromatic N) is 1. The summed E-state index contributed by atoms with van der Waals surface area (Å²) in [6.07, 6.45) is 3.30. The Morgan fingerprint density at radius 1 is 0.929 bits per heavy atom. The molecule has 0 saturated carbocycles. The number of carbonyl (C=O) groups excluding carboxylic acids is 4. The molecule has 4 rings (SSSR count). The summed E-state index contributed by atoms with van der Waals surface area (Å²) in [6.45, 7) is 5.36. The van der Waals surface area contributed by atoms with Crippen LogP contribution in [0, 0.1) is 6.92 Å². The largest absolute Gasteiger partial charge is 0.489 e. The van der Waals surface area contributed by atoms with Crippen LogP contribution in [0.1, 0.15) is 51.3 Å². The van der Waals surface area contributed by atoms with Crippen molar-refractivity contribution in [3.63, 3.8) is 0 Å². The number of amides is 1. The van der Waals surface area contributed by atoms with Crippen molar-refractivity contribution < 1.29 is 38.1 Å². The van der Waals surface area contributed by atoms with E-state index in [1.54, 1.807) is 62.6 Å². The molecular formula is C32H30N2O8. The molecule has 1 N–H and O–H groups in total. The molecule has 1 aromatic heterocycles. The standard InChI is InChI=1S/C32H30N2O8/c1-6-41-32(38)21-9-11-23(12-10-21)34-31(37)24-15-22(14-18(2)28(24)42-17-20-8-7-13-33-16-20)25-19(3)26(35)29(39-4)30(40-5)27(25)36/h7-16H,6,17H2,1-5H3,(H,34,37). The van der Waals surface area contributed by atoms with Crippen molar-refractivity contribution in [3.05, 3.63) is 106 Å². The average Bonchev–Trinajstić information content (AvgIpc) is 2.99. The first-order valence-electron chi connectivity index (χ1n) is 13.1. The third-order valence-electron chi connectivity index (χ3n) is 6.54. The van der Waals surface area contributed by atoms with Gasteiger partial charge in [-0.05, 0) is 74.4 Å². The van der Waals surface area contributed by atoms with Crippen molar-refractivity contribution in [2.75, 3.05) is 26.1 Å². The maximum atomic E-state index is 13.7. The monoisotopic (exact) mass is 570 g/mol. The number of benzene rings is 2. The second kappa shape index (κ2) is 12.9. The third-order valence-corrected chi connectivity index (χ3v) is 6.54. The average molecular weight is 571 g/mol. The fraction of sp³-hybridized carbons (Fsp3) is 0.219. The van der Waals surface area contributed by atoms with Crippen LogP contribution in [0.3, 0.4) is 0 Å². The fourth-order valence-electron chi connectivity index (χ4n) is 4.51. The zero-order valence-corrected chi connectivity index (χ0v) is 23.9. The predicted octanol–water partition coefficient (Wildman–Crippen LogP) is 4.83. The summed E-state index contributed by atoms with van der Waals surface area (Å²) in [4.78, 5) is 56.3. The van der Waals surface area contributed by atoms with Crippen molar-refractivity contribution in [2.45, 2.75) is 27.4 Å². The second-order valence-corrected chi connectivity index (χ2v) is 9.30. The maximum absolute atomic E-state index is 13.7. The van der Waals surface area contributed by atoms with E-state index in [1.807, 2.05) is 6.07 Å². The number of pyridine rings is 1. The lowest BCUT2D eigenvalue weighted by Gasteiger charge is -2.22. The van der Waals surface area contributed by atoms with Crippen molar-refractivity contribution in [2.24, 2.45) is 0 Å². The van der Waals surface area contributed by atoms with E-state index in [0.29, 0.717) is 22.4 Å². The highest BCUT2D eigenvalue weighted by Gasteiger charge is 2.36. The van der Waals surface area contributed by atoms with Crippen molar-refractivity contribution in [3.8, 4) is 5.75 Å². The quantitative estimate of drug-likeness (QED) is 0.269. The first-order chi connectivity index (χ1) is 20.2. The number of aryl methyl sites for hydroxylation is 1. The number of hydrogen-bond donors (Lipinski definition) is 1. The minimum absolute atomic E-state index is 0.0902. The number of Topliss-reactive ketones (excluding diaryl/α,β-unsaturated/α-hetero) is 2. The van der Waals surface area contributed by atoms with Crippen LogP contribution >= 0.6 is 0 Å². The minimum atomic E-state index is -0.546. The van der Waals surface area contributed by atoms with Gasteiger partial charge in [0, 0.05) is 34.8 Å². The van der Waals surface area contributed by atoms with Gasteiger partial charge in [-0.3, -0.25) is 19.4 Å². The van der Waals surface area contributed by atoms with Crippen LogP contribution in [0.15, 0.2) is 78.0 Å². The molecule has 10 heteroatoms. The number of allylic oxidation sites excluding steroid dienone is 2. The molecule has 10 nitrogen and oxygen atoms in total. The zero-order valence-electron chi connectivity index (χ0n) is 23.9. The molecule has 1 heterocycles.